The Morgan fingerprint density at radius 2 is 1.76 bits per heavy atom. The quantitative estimate of drug-likeness (QED) is 0.428. The maximum absolute atomic E-state index is 12.0. The summed E-state index contributed by atoms with van der Waals surface area (Å²) in [7, 11) is -2.49. The van der Waals surface area contributed by atoms with Crippen molar-refractivity contribution in [1.82, 2.24) is 9.62 Å². The van der Waals surface area contributed by atoms with E-state index in [1.165, 1.54) is 24.7 Å². The first-order valence-corrected chi connectivity index (χ1v) is 11.0. The first-order chi connectivity index (χ1) is 13.8. The van der Waals surface area contributed by atoms with Crippen LogP contribution in [0.5, 0.6) is 0 Å². The van der Waals surface area contributed by atoms with Crippen LogP contribution in [0, 0.1) is 10.1 Å². The normalized spacial score (nSPS) is 12.7. The second-order valence-electron chi connectivity index (χ2n) is 6.59. The smallest absolute Gasteiger partial charge is 0.293 e. The highest BCUT2D eigenvalue weighted by atomic mass is 32.2. The zero-order chi connectivity index (χ0) is 21.4. The minimum absolute atomic E-state index is 0.132. The summed E-state index contributed by atoms with van der Waals surface area (Å²) in [6.45, 7) is 6.38. The molecule has 0 radical (unpaired) electrons. The van der Waals surface area contributed by atoms with Gasteiger partial charge in [-0.1, -0.05) is 44.2 Å². The highest BCUT2D eigenvalue weighted by molar-refractivity contribution is 7.89. The summed E-state index contributed by atoms with van der Waals surface area (Å²) >= 11 is 0. The van der Waals surface area contributed by atoms with Gasteiger partial charge < -0.3 is 5.32 Å². The number of rotatable bonds is 11. The molecule has 0 fully saturated rings. The third kappa shape index (κ3) is 5.99. The van der Waals surface area contributed by atoms with Gasteiger partial charge in [-0.15, -0.1) is 0 Å². The van der Waals surface area contributed by atoms with Gasteiger partial charge in [-0.2, -0.15) is 0 Å². The molecule has 0 aromatic heterocycles. The van der Waals surface area contributed by atoms with Gasteiger partial charge in [0.2, 0.25) is 10.0 Å². The van der Waals surface area contributed by atoms with Crippen LogP contribution in [0.1, 0.15) is 19.4 Å². The highest BCUT2D eigenvalue weighted by Gasteiger charge is 2.22. The molecule has 0 aliphatic carbocycles. The molecule has 0 saturated carbocycles. The number of hydrogen-bond donors (Lipinski definition) is 2. The lowest BCUT2D eigenvalue weighted by Gasteiger charge is -2.30. The monoisotopic (exact) mass is 420 g/mol. The van der Waals surface area contributed by atoms with Gasteiger partial charge in [0.05, 0.1) is 9.82 Å². The molecule has 0 amide bonds. The molecule has 2 N–H and O–H groups in total. The van der Waals surface area contributed by atoms with E-state index in [1.54, 1.807) is 0 Å². The number of hydrogen-bond acceptors (Lipinski definition) is 6. The number of nitrogens with one attached hydrogen (secondary N) is 2. The lowest BCUT2D eigenvalue weighted by molar-refractivity contribution is -0.384. The Kier molecular flexibility index (Phi) is 8.12. The van der Waals surface area contributed by atoms with Gasteiger partial charge in [-0.25, -0.2) is 13.1 Å². The maximum atomic E-state index is 12.0. The summed E-state index contributed by atoms with van der Waals surface area (Å²) in [5.41, 5.74) is 1.23. The number of anilines is 1. The average molecular weight is 421 g/mol. The van der Waals surface area contributed by atoms with Gasteiger partial charge in [-0.05, 0) is 44.3 Å². The summed E-state index contributed by atoms with van der Waals surface area (Å²) in [6.07, 6.45) is 0.801. The highest BCUT2D eigenvalue weighted by Crippen LogP contribution is 2.27. The molecule has 2 aromatic carbocycles. The van der Waals surface area contributed by atoms with E-state index in [0.717, 1.165) is 25.6 Å². The second-order valence-corrected chi connectivity index (χ2v) is 8.48. The molecule has 0 spiro atoms. The predicted molar refractivity (Wildman–Crippen MR) is 115 cm³/mol. The first-order valence-electron chi connectivity index (χ1n) is 9.56. The molecule has 1 atom stereocenters. The third-order valence-corrected chi connectivity index (χ3v) is 6.33. The molecule has 29 heavy (non-hydrogen) atoms. The van der Waals surface area contributed by atoms with Gasteiger partial charge in [0, 0.05) is 18.7 Å². The Bertz CT molecular complexity index is 915. The van der Waals surface area contributed by atoms with Gasteiger partial charge in [0.25, 0.3) is 5.69 Å². The average Bonchev–Trinajstić information content (AvgIpc) is 2.73. The molecule has 0 aliphatic heterocycles. The number of benzene rings is 2. The molecule has 158 valence electrons. The van der Waals surface area contributed by atoms with Gasteiger partial charge in [-0.3, -0.25) is 15.0 Å². The topological polar surface area (TPSA) is 105 Å². The molecule has 9 heteroatoms. The minimum Gasteiger partial charge on any atom is -0.378 e. The van der Waals surface area contributed by atoms with Crippen LogP contribution < -0.4 is 10.0 Å². The molecular formula is C20H28N4O4S. The predicted octanol–water partition coefficient (Wildman–Crippen LogP) is 2.87. The Balaban J connectivity index is 2.26. The fourth-order valence-corrected chi connectivity index (χ4v) is 4.03. The largest absolute Gasteiger partial charge is 0.378 e. The molecule has 8 nitrogen and oxygen atoms in total. The summed E-state index contributed by atoms with van der Waals surface area (Å²) in [5, 5.41) is 14.7. The Labute approximate surface area is 172 Å². The van der Waals surface area contributed by atoms with Crippen molar-refractivity contribution in [1.29, 1.82) is 0 Å². The molecule has 0 heterocycles. The lowest BCUT2D eigenvalue weighted by Crippen LogP contribution is -2.41. The Morgan fingerprint density at radius 3 is 2.31 bits per heavy atom. The van der Waals surface area contributed by atoms with E-state index < -0.39 is 14.9 Å². The van der Waals surface area contributed by atoms with Gasteiger partial charge in [0.15, 0.2) is 0 Å². The van der Waals surface area contributed by atoms with Gasteiger partial charge in [0.1, 0.15) is 5.69 Å². The zero-order valence-corrected chi connectivity index (χ0v) is 17.8. The number of likely N-dealkylation sites (N-methyl/N-ethyl adjacent to an activating group) is 1. The summed E-state index contributed by atoms with van der Waals surface area (Å²) in [4.78, 5) is 13.1. The van der Waals surface area contributed by atoms with E-state index >= 15 is 0 Å². The number of nitro benzene ring substituents is 1. The van der Waals surface area contributed by atoms with Crippen LogP contribution in [0.2, 0.25) is 0 Å². The third-order valence-electron chi connectivity index (χ3n) is 4.92. The van der Waals surface area contributed by atoms with Crippen LogP contribution in [0.25, 0.3) is 0 Å². The van der Waals surface area contributed by atoms with E-state index in [2.05, 4.69) is 40.9 Å². The van der Waals surface area contributed by atoms with Crippen LogP contribution in [0.3, 0.4) is 0 Å². The van der Waals surface area contributed by atoms with Crippen LogP contribution in [-0.2, 0) is 16.4 Å². The van der Waals surface area contributed by atoms with Crippen molar-refractivity contribution in [2.45, 2.75) is 31.2 Å². The first kappa shape index (κ1) is 22.8. The lowest BCUT2D eigenvalue weighted by atomic mass is 10.0. The molecule has 0 bridgehead atoms. The fraction of sp³-hybridized carbons (Fsp3) is 0.400. The Hall–Kier alpha value is -2.49. The maximum Gasteiger partial charge on any atom is 0.293 e. The number of sulfonamides is 1. The van der Waals surface area contributed by atoms with E-state index in [4.69, 9.17) is 0 Å². The standard InChI is InChI=1S/C20H28N4O4S/c1-4-23(5-2)17(13-16-9-7-6-8-10-16)15-22-19-12-11-18(29(27,28)21-3)14-20(19)24(25)26/h6-12,14,17,21-22H,4-5,13,15H2,1-3H3. The summed E-state index contributed by atoms with van der Waals surface area (Å²) < 4.78 is 26.1. The molecule has 2 aromatic rings. The zero-order valence-electron chi connectivity index (χ0n) is 17.0. The number of nitro groups is 1. The fourth-order valence-electron chi connectivity index (χ4n) is 3.28. The summed E-state index contributed by atoms with van der Waals surface area (Å²) in [6, 6.07) is 14.1. The van der Waals surface area contributed by atoms with E-state index in [0.29, 0.717) is 12.2 Å². The SMILES string of the molecule is CCN(CC)C(CNc1ccc(S(=O)(=O)NC)cc1[N+](=O)[O-])Cc1ccccc1. The van der Waals surface area contributed by atoms with Crippen molar-refractivity contribution in [3.63, 3.8) is 0 Å². The van der Waals surface area contributed by atoms with E-state index in [-0.39, 0.29) is 16.6 Å². The second kappa shape index (κ2) is 10.3. The van der Waals surface area contributed by atoms with Crippen molar-refractivity contribution < 1.29 is 13.3 Å². The molecular weight excluding hydrogens is 392 g/mol. The van der Waals surface area contributed by atoms with E-state index in [1.807, 2.05) is 18.2 Å². The Morgan fingerprint density at radius 1 is 1.10 bits per heavy atom. The van der Waals surface area contributed by atoms with Crippen molar-refractivity contribution in [3.8, 4) is 0 Å². The molecule has 0 aliphatic rings. The van der Waals surface area contributed by atoms with Crippen molar-refractivity contribution >= 4 is 21.4 Å². The molecule has 0 saturated heterocycles. The van der Waals surface area contributed by atoms with Crippen LogP contribution in [0.4, 0.5) is 11.4 Å². The van der Waals surface area contributed by atoms with Crippen LogP contribution in [0.15, 0.2) is 53.4 Å². The summed E-state index contributed by atoms with van der Waals surface area (Å²) in [5.74, 6) is 0. The minimum atomic E-state index is -3.75. The van der Waals surface area contributed by atoms with Gasteiger partial charge >= 0.3 is 0 Å². The van der Waals surface area contributed by atoms with Crippen LogP contribution in [-0.4, -0.2) is 51.0 Å². The molecule has 2 rings (SSSR count). The number of nitrogens with zero attached hydrogens (tertiary/aromatic N) is 2. The van der Waals surface area contributed by atoms with Crippen molar-refractivity contribution in [2.75, 3.05) is 32.0 Å². The van der Waals surface area contributed by atoms with Crippen LogP contribution >= 0.6 is 0 Å². The van der Waals surface area contributed by atoms with Crippen molar-refractivity contribution in [3.05, 3.63) is 64.2 Å². The van der Waals surface area contributed by atoms with E-state index in [9.17, 15) is 18.5 Å². The van der Waals surface area contributed by atoms with Crippen molar-refractivity contribution in [2.24, 2.45) is 0 Å². The molecule has 1 unspecified atom stereocenters.